The van der Waals surface area contributed by atoms with Crippen molar-refractivity contribution < 1.29 is 4.74 Å². The van der Waals surface area contributed by atoms with E-state index in [1.54, 1.807) is 18.4 Å². The Hall–Kier alpha value is -1.31. The van der Waals surface area contributed by atoms with E-state index in [4.69, 9.17) is 4.74 Å². The fraction of sp³-hybridized carbons (Fsp3) is 0.500. The van der Waals surface area contributed by atoms with Crippen molar-refractivity contribution in [3.8, 4) is 0 Å². The number of aromatic nitrogens is 4. The van der Waals surface area contributed by atoms with Gasteiger partial charge >= 0.3 is 0 Å². The lowest BCUT2D eigenvalue weighted by atomic mass is 10.4. The third-order valence-corrected chi connectivity index (χ3v) is 2.94. The van der Waals surface area contributed by atoms with E-state index < -0.39 is 0 Å². The number of nitrogens with one attached hydrogen (secondary N) is 1. The number of thiazole rings is 1. The van der Waals surface area contributed by atoms with Crippen molar-refractivity contribution in [1.82, 2.24) is 25.3 Å². The van der Waals surface area contributed by atoms with Gasteiger partial charge in [-0.3, -0.25) is 4.98 Å². The molecule has 0 aromatic carbocycles. The molecular weight excluding hydrogens is 238 g/mol. The van der Waals surface area contributed by atoms with E-state index in [0.717, 1.165) is 18.8 Å². The SMILES string of the molecule is COCCNCc1cn(Cc2cncs2)nn1. The van der Waals surface area contributed by atoms with Gasteiger partial charge < -0.3 is 10.1 Å². The average molecular weight is 253 g/mol. The Morgan fingerprint density at radius 1 is 1.53 bits per heavy atom. The molecule has 92 valence electrons. The first-order valence-corrected chi connectivity index (χ1v) is 6.22. The fourth-order valence-corrected chi connectivity index (χ4v) is 1.95. The molecule has 1 N–H and O–H groups in total. The van der Waals surface area contributed by atoms with E-state index in [-0.39, 0.29) is 0 Å². The third-order valence-electron chi connectivity index (χ3n) is 2.18. The van der Waals surface area contributed by atoms with Gasteiger partial charge in [-0.25, -0.2) is 4.68 Å². The Morgan fingerprint density at radius 2 is 2.47 bits per heavy atom. The molecule has 0 spiro atoms. The minimum atomic E-state index is 0.703. The summed E-state index contributed by atoms with van der Waals surface area (Å²) in [5.74, 6) is 0. The highest BCUT2D eigenvalue weighted by atomic mass is 32.1. The molecule has 0 aliphatic rings. The second-order valence-corrected chi connectivity index (χ2v) is 4.52. The lowest BCUT2D eigenvalue weighted by Gasteiger charge is -1.99. The Morgan fingerprint density at radius 3 is 3.24 bits per heavy atom. The van der Waals surface area contributed by atoms with E-state index in [1.807, 2.05) is 22.6 Å². The largest absolute Gasteiger partial charge is 0.383 e. The summed E-state index contributed by atoms with van der Waals surface area (Å²) in [4.78, 5) is 5.20. The molecule has 0 radical (unpaired) electrons. The second kappa shape index (κ2) is 6.43. The predicted octanol–water partition coefficient (Wildman–Crippen LogP) is 0.519. The molecule has 2 aromatic rings. The van der Waals surface area contributed by atoms with Gasteiger partial charge in [0.2, 0.25) is 0 Å². The van der Waals surface area contributed by atoms with Gasteiger partial charge in [0.05, 0.1) is 30.6 Å². The molecule has 17 heavy (non-hydrogen) atoms. The summed E-state index contributed by atoms with van der Waals surface area (Å²) < 4.78 is 6.77. The van der Waals surface area contributed by atoms with Gasteiger partial charge in [-0.1, -0.05) is 5.21 Å². The molecule has 2 rings (SSSR count). The molecule has 0 saturated heterocycles. The van der Waals surface area contributed by atoms with Gasteiger partial charge in [0.15, 0.2) is 0 Å². The van der Waals surface area contributed by atoms with E-state index in [1.165, 1.54) is 4.88 Å². The van der Waals surface area contributed by atoms with E-state index in [2.05, 4.69) is 20.6 Å². The summed E-state index contributed by atoms with van der Waals surface area (Å²) in [5, 5.41) is 11.4. The molecular formula is C10H15N5OS. The Labute approximate surface area is 104 Å². The second-order valence-electron chi connectivity index (χ2n) is 3.54. The molecule has 0 aliphatic heterocycles. The number of rotatable bonds is 7. The zero-order valence-corrected chi connectivity index (χ0v) is 10.5. The number of hydrogen-bond donors (Lipinski definition) is 1. The van der Waals surface area contributed by atoms with Gasteiger partial charge in [-0.15, -0.1) is 16.4 Å². The van der Waals surface area contributed by atoms with Crippen LogP contribution in [0.3, 0.4) is 0 Å². The van der Waals surface area contributed by atoms with E-state index >= 15 is 0 Å². The van der Waals surface area contributed by atoms with Crippen molar-refractivity contribution in [1.29, 1.82) is 0 Å². The van der Waals surface area contributed by atoms with Gasteiger partial charge in [0.25, 0.3) is 0 Å². The molecule has 0 amide bonds. The Kier molecular flexibility index (Phi) is 4.60. The lowest BCUT2D eigenvalue weighted by molar-refractivity contribution is 0.199. The smallest absolute Gasteiger partial charge is 0.0965 e. The zero-order chi connectivity index (χ0) is 11.9. The third kappa shape index (κ3) is 3.88. The molecule has 2 heterocycles. The van der Waals surface area contributed by atoms with Crippen LogP contribution in [-0.2, 0) is 17.8 Å². The van der Waals surface area contributed by atoms with Crippen molar-refractivity contribution in [2.45, 2.75) is 13.1 Å². The van der Waals surface area contributed by atoms with Crippen LogP contribution in [0.25, 0.3) is 0 Å². The highest BCUT2D eigenvalue weighted by Crippen LogP contribution is 2.07. The van der Waals surface area contributed by atoms with Crippen LogP contribution in [0.15, 0.2) is 17.9 Å². The van der Waals surface area contributed by atoms with E-state index in [0.29, 0.717) is 13.2 Å². The maximum absolute atomic E-state index is 4.95. The van der Waals surface area contributed by atoms with Crippen molar-refractivity contribution in [3.63, 3.8) is 0 Å². The van der Waals surface area contributed by atoms with Crippen LogP contribution >= 0.6 is 11.3 Å². The predicted molar refractivity (Wildman–Crippen MR) is 64.8 cm³/mol. The number of methoxy groups -OCH3 is 1. The Balaban J connectivity index is 1.79. The quantitative estimate of drug-likeness (QED) is 0.729. The topological polar surface area (TPSA) is 64.9 Å². The average Bonchev–Trinajstić information content (AvgIpc) is 2.97. The van der Waals surface area contributed by atoms with E-state index in [9.17, 15) is 0 Å². The molecule has 0 bridgehead atoms. The summed E-state index contributed by atoms with van der Waals surface area (Å²) in [7, 11) is 1.69. The van der Waals surface area contributed by atoms with Gasteiger partial charge in [-0.2, -0.15) is 0 Å². The normalized spacial score (nSPS) is 10.9. The van der Waals surface area contributed by atoms with Crippen molar-refractivity contribution in [2.24, 2.45) is 0 Å². The highest BCUT2D eigenvalue weighted by molar-refractivity contribution is 7.09. The summed E-state index contributed by atoms with van der Waals surface area (Å²) >= 11 is 1.62. The molecule has 6 nitrogen and oxygen atoms in total. The van der Waals surface area contributed by atoms with Crippen LogP contribution in [0.1, 0.15) is 10.6 Å². The van der Waals surface area contributed by atoms with Crippen molar-refractivity contribution in [3.05, 3.63) is 28.5 Å². The minimum Gasteiger partial charge on any atom is -0.383 e. The maximum atomic E-state index is 4.95. The van der Waals surface area contributed by atoms with Crippen LogP contribution in [0, 0.1) is 0 Å². The van der Waals surface area contributed by atoms with Gasteiger partial charge in [0.1, 0.15) is 0 Å². The van der Waals surface area contributed by atoms with Crippen LogP contribution in [-0.4, -0.2) is 40.2 Å². The highest BCUT2D eigenvalue weighted by Gasteiger charge is 2.02. The van der Waals surface area contributed by atoms with Crippen LogP contribution < -0.4 is 5.32 Å². The molecule has 0 saturated carbocycles. The summed E-state index contributed by atoms with van der Waals surface area (Å²) in [6.45, 7) is 2.97. The molecule has 0 unspecified atom stereocenters. The first-order chi connectivity index (χ1) is 8.38. The first kappa shape index (κ1) is 12.2. The molecule has 0 atom stereocenters. The monoisotopic (exact) mass is 253 g/mol. The maximum Gasteiger partial charge on any atom is 0.0965 e. The van der Waals surface area contributed by atoms with Crippen molar-refractivity contribution in [2.75, 3.05) is 20.3 Å². The number of hydrogen-bond acceptors (Lipinski definition) is 6. The first-order valence-electron chi connectivity index (χ1n) is 5.34. The van der Waals surface area contributed by atoms with Crippen LogP contribution in [0.5, 0.6) is 0 Å². The standard InChI is InChI=1S/C10H15N5OS/c1-16-3-2-11-4-9-6-15(14-13-9)7-10-5-12-8-17-10/h5-6,8,11H,2-4,7H2,1H3. The summed E-state index contributed by atoms with van der Waals surface area (Å²) in [5.41, 5.74) is 2.75. The van der Waals surface area contributed by atoms with Gasteiger partial charge in [0, 0.05) is 31.3 Å². The molecule has 0 fully saturated rings. The molecule has 7 heteroatoms. The fourth-order valence-electron chi connectivity index (χ4n) is 1.37. The van der Waals surface area contributed by atoms with Crippen molar-refractivity contribution >= 4 is 11.3 Å². The van der Waals surface area contributed by atoms with Gasteiger partial charge in [-0.05, 0) is 0 Å². The minimum absolute atomic E-state index is 0.703. The number of nitrogens with zero attached hydrogens (tertiary/aromatic N) is 4. The summed E-state index contributed by atoms with van der Waals surface area (Å²) in [6.07, 6.45) is 3.79. The zero-order valence-electron chi connectivity index (χ0n) is 9.67. The van der Waals surface area contributed by atoms with Crippen LogP contribution in [0.4, 0.5) is 0 Å². The molecule has 2 aromatic heterocycles. The lowest BCUT2D eigenvalue weighted by Crippen LogP contribution is -2.18. The Bertz CT molecular complexity index is 428. The van der Waals surface area contributed by atoms with Crippen LogP contribution in [0.2, 0.25) is 0 Å². The summed E-state index contributed by atoms with van der Waals surface area (Å²) in [6, 6.07) is 0. The molecule has 0 aliphatic carbocycles. The number of ether oxygens (including phenoxy) is 1.